The average molecular weight is 353 g/mol. The van der Waals surface area contributed by atoms with Gasteiger partial charge in [0.1, 0.15) is 18.0 Å². The van der Waals surface area contributed by atoms with Crippen LogP contribution in [0.4, 0.5) is 0 Å². The lowest BCUT2D eigenvalue weighted by molar-refractivity contribution is -0.131. The van der Waals surface area contributed by atoms with Gasteiger partial charge in [0.15, 0.2) is 11.5 Å². The molecule has 2 atom stereocenters. The first-order valence-corrected chi connectivity index (χ1v) is 8.90. The zero-order valence-electron chi connectivity index (χ0n) is 15.2. The number of rotatable bonds is 2. The van der Waals surface area contributed by atoms with Crippen LogP contribution in [-0.4, -0.2) is 24.2 Å². The van der Waals surface area contributed by atoms with E-state index in [4.69, 9.17) is 14.2 Å². The molecule has 2 aliphatic heterocycles. The zero-order chi connectivity index (χ0) is 18.3. The highest BCUT2D eigenvalue weighted by atomic mass is 16.6. The van der Waals surface area contributed by atoms with Gasteiger partial charge in [-0.05, 0) is 39.0 Å². The lowest BCUT2D eigenvalue weighted by Gasteiger charge is -2.38. The number of carbonyl (C=O) groups is 1. The second-order valence-corrected chi connectivity index (χ2v) is 7.53. The maximum atomic E-state index is 12.8. The number of carbonyl (C=O) groups excluding carboxylic acids is 1. The molecule has 2 aliphatic rings. The van der Waals surface area contributed by atoms with Crippen molar-refractivity contribution in [2.75, 3.05) is 6.61 Å². The van der Waals surface area contributed by atoms with E-state index in [-0.39, 0.29) is 24.2 Å². The van der Waals surface area contributed by atoms with Crippen molar-refractivity contribution in [3.05, 3.63) is 53.6 Å². The average Bonchev–Trinajstić information content (AvgIpc) is 2.61. The standard InChI is InChI=1S/C21H23NO4/c1-13-8-9-16-14(10-13)15(11-21(2,3)26-16)22-20(23)19-12-24-17-6-4-5-7-18(17)25-19/h4-10,15,19H,11-12H2,1-3H3,(H,22,23). The first-order valence-electron chi connectivity index (χ1n) is 8.90. The van der Waals surface area contributed by atoms with Gasteiger partial charge in [-0.25, -0.2) is 0 Å². The summed E-state index contributed by atoms with van der Waals surface area (Å²) >= 11 is 0. The summed E-state index contributed by atoms with van der Waals surface area (Å²) in [5.74, 6) is 1.92. The molecule has 0 fully saturated rings. The summed E-state index contributed by atoms with van der Waals surface area (Å²) < 4.78 is 17.6. The van der Waals surface area contributed by atoms with E-state index >= 15 is 0 Å². The largest absolute Gasteiger partial charge is 0.487 e. The second-order valence-electron chi connectivity index (χ2n) is 7.53. The van der Waals surface area contributed by atoms with Crippen LogP contribution >= 0.6 is 0 Å². The number of ether oxygens (including phenoxy) is 3. The van der Waals surface area contributed by atoms with Crippen LogP contribution in [0.3, 0.4) is 0 Å². The molecule has 0 aliphatic carbocycles. The minimum Gasteiger partial charge on any atom is -0.487 e. The molecular formula is C21H23NO4. The molecule has 2 aromatic rings. The van der Waals surface area contributed by atoms with Crippen LogP contribution in [-0.2, 0) is 4.79 Å². The van der Waals surface area contributed by atoms with Gasteiger partial charge < -0.3 is 19.5 Å². The Kier molecular flexibility index (Phi) is 4.02. The molecule has 2 unspecified atom stereocenters. The van der Waals surface area contributed by atoms with E-state index in [1.807, 2.05) is 57.2 Å². The van der Waals surface area contributed by atoms with Crippen molar-refractivity contribution in [1.29, 1.82) is 0 Å². The molecule has 4 rings (SSSR count). The Hall–Kier alpha value is -2.69. The fraction of sp³-hybridized carbons (Fsp3) is 0.381. The van der Waals surface area contributed by atoms with Gasteiger partial charge in [-0.1, -0.05) is 29.8 Å². The number of hydrogen-bond donors (Lipinski definition) is 1. The number of fused-ring (bicyclic) bond motifs is 2. The molecule has 0 aromatic heterocycles. The molecule has 1 N–H and O–H groups in total. The minimum absolute atomic E-state index is 0.123. The third-order valence-electron chi connectivity index (χ3n) is 4.74. The number of benzene rings is 2. The Labute approximate surface area is 153 Å². The first kappa shape index (κ1) is 16.8. The summed E-state index contributed by atoms with van der Waals surface area (Å²) in [4.78, 5) is 12.8. The Morgan fingerprint density at radius 2 is 1.88 bits per heavy atom. The fourth-order valence-corrected chi connectivity index (χ4v) is 3.52. The molecule has 5 heteroatoms. The first-order chi connectivity index (χ1) is 12.4. The van der Waals surface area contributed by atoms with Gasteiger partial charge in [-0.2, -0.15) is 0 Å². The molecule has 5 nitrogen and oxygen atoms in total. The van der Waals surface area contributed by atoms with Crippen LogP contribution in [0.15, 0.2) is 42.5 Å². The van der Waals surface area contributed by atoms with E-state index < -0.39 is 6.10 Å². The van der Waals surface area contributed by atoms with Gasteiger partial charge in [0.2, 0.25) is 6.10 Å². The number of hydrogen-bond acceptors (Lipinski definition) is 4. The molecule has 2 heterocycles. The van der Waals surface area contributed by atoms with Crippen LogP contribution in [0.1, 0.15) is 37.4 Å². The predicted molar refractivity (Wildman–Crippen MR) is 97.7 cm³/mol. The van der Waals surface area contributed by atoms with Gasteiger partial charge >= 0.3 is 0 Å². The van der Waals surface area contributed by atoms with Crippen molar-refractivity contribution in [1.82, 2.24) is 5.32 Å². The van der Waals surface area contributed by atoms with Crippen molar-refractivity contribution in [3.63, 3.8) is 0 Å². The maximum absolute atomic E-state index is 12.8. The van der Waals surface area contributed by atoms with Gasteiger partial charge in [0.25, 0.3) is 5.91 Å². The number of aryl methyl sites for hydroxylation is 1. The third kappa shape index (κ3) is 3.21. The van der Waals surface area contributed by atoms with E-state index in [1.54, 1.807) is 0 Å². The summed E-state index contributed by atoms with van der Waals surface area (Å²) in [6.45, 7) is 6.31. The second kappa shape index (κ2) is 6.24. The maximum Gasteiger partial charge on any atom is 0.265 e. The van der Waals surface area contributed by atoms with E-state index in [2.05, 4.69) is 11.4 Å². The van der Waals surface area contributed by atoms with Crippen LogP contribution in [0.25, 0.3) is 0 Å². The molecule has 0 bridgehead atoms. The molecule has 0 spiro atoms. The van der Waals surface area contributed by atoms with Crippen molar-refractivity contribution in [2.24, 2.45) is 0 Å². The zero-order valence-corrected chi connectivity index (χ0v) is 15.2. The van der Waals surface area contributed by atoms with E-state index in [0.29, 0.717) is 17.9 Å². The van der Waals surface area contributed by atoms with Crippen molar-refractivity contribution >= 4 is 5.91 Å². The van der Waals surface area contributed by atoms with Crippen LogP contribution < -0.4 is 19.5 Å². The van der Waals surface area contributed by atoms with Crippen molar-refractivity contribution in [3.8, 4) is 17.2 Å². The number of para-hydroxylation sites is 2. The highest BCUT2D eigenvalue weighted by Crippen LogP contribution is 2.40. The van der Waals surface area contributed by atoms with Gasteiger partial charge in [0.05, 0.1) is 6.04 Å². The highest BCUT2D eigenvalue weighted by molar-refractivity contribution is 5.82. The third-order valence-corrected chi connectivity index (χ3v) is 4.74. The molecule has 136 valence electrons. The summed E-state index contributed by atoms with van der Waals surface area (Å²) in [6, 6.07) is 13.3. The van der Waals surface area contributed by atoms with Gasteiger partial charge in [-0.15, -0.1) is 0 Å². The van der Waals surface area contributed by atoms with E-state index in [1.165, 1.54) is 0 Å². The van der Waals surface area contributed by atoms with Crippen molar-refractivity contribution in [2.45, 2.75) is 44.9 Å². The smallest absolute Gasteiger partial charge is 0.265 e. The van der Waals surface area contributed by atoms with E-state index in [0.717, 1.165) is 16.9 Å². The van der Waals surface area contributed by atoms with E-state index in [9.17, 15) is 4.79 Å². The lowest BCUT2D eigenvalue weighted by atomic mass is 9.89. The monoisotopic (exact) mass is 353 g/mol. The van der Waals surface area contributed by atoms with Gasteiger partial charge in [0, 0.05) is 12.0 Å². The summed E-state index contributed by atoms with van der Waals surface area (Å²) in [7, 11) is 0. The Morgan fingerprint density at radius 1 is 1.12 bits per heavy atom. The molecule has 0 radical (unpaired) electrons. The molecule has 1 amide bonds. The quantitative estimate of drug-likeness (QED) is 0.897. The Balaban J connectivity index is 1.54. The summed E-state index contributed by atoms with van der Waals surface area (Å²) in [5.41, 5.74) is 1.80. The topological polar surface area (TPSA) is 56.8 Å². The number of amides is 1. The molecule has 0 saturated carbocycles. The van der Waals surface area contributed by atoms with Crippen molar-refractivity contribution < 1.29 is 19.0 Å². The SMILES string of the molecule is Cc1ccc2c(c1)C(NC(=O)C1COc3ccccc3O1)CC(C)(C)O2. The van der Waals surface area contributed by atoms with Crippen LogP contribution in [0.2, 0.25) is 0 Å². The molecule has 0 saturated heterocycles. The molecule has 26 heavy (non-hydrogen) atoms. The Morgan fingerprint density at radius 3 is 2.69 bits per heavy atom. The van der Waals surface area contributed by atoms with Gasteiger partial charge in [-0.3, -0.25) is 4.79 Å². The Bertz CT molecular complexity index is 846. The lowest BCUT2D eigenvalue weighted by Crippen LogP contribution is -2.48. The highest BCUT2D eigenvalue weighted by Gasteiger charge is 2.36. The minimum atomic E-state index is -0.663. The van der Waals surface area contributed by atoms with Crippen LogP contribution in [0, 0.1) is 6.92 Å². The summed E-state index contributed by atoms with van der Waals surface area (Å²) in [5, 5.41) is 3.13. The molecule has 2 aromatic carbocycles. The predicted octanol–water partition coefficient (Wildman–Crippen LogP) is 3.55. The fourth-order valence-electron chi connectivity index (χ4n) is 3.52. The summed E-state index contributed by atoms with van der Waals surface area (Å²) in [6.07, 6.45) is 0.0310. The number of nitrogens with one attached hydrogen (secondary N) is 1. The van der Waals surface area contributed by atoms with Crippen LogP contribution in [0.5, 0.6) is 17.2 Å². The molecular weight excluding hydrogens is 330 g/mol. The normalized spacial score (nSPS) is 22.7.